The number of guanidine groups is 1. The van der Waals surface area contributed by atoms with Crippen LogP contribution in [0.15, 0.2) is 29.3 Å². The Labute approximate surface area is 202 Å². The molecule has 8 nitrogen and oxygen atoms in total. The lowest BCUT2D eigenvalue weighted by atomic mass is 10.1. The van der Waals surface area contributed by atoms with Gasteiger partial charge in [-0.05, 0) is 37.3 Å². The summed E-state index contributed by atoms with van der Waals surface area (Å²) in [6.07, 6.45) is 3.15. The van der Waals surface area contributed by atoms with Gasteiger partial charge in [0.15, 0.2) is 5.96 Å². The maximum absolute atomic E-state index is 12.5. The second-order valence-corrected chi connectivity index (χ2v) is 8.04. The van der Waals surface area contributed by atoms with Crippen LogP contribution in [0.25, 0.3) is 0 Å². The molecule has 0 aromatic heterocycles. The van der Waals surface area contributed by atoms with Crippen molar-refractivity contribution in [3.8, 4) is 0 Å². The third-order valence-electron chi connectivity index (χ3n) is 5.66. The fourth-order valence-electron chi connectivity index (χ4n) is 4.06. The van der Waals surface area contributed by atoms with Crippen molar-refractivity contribution in [1.82, 2.24) is 20.4 Å². The number of nitrogens with one attached hydrogen (secondary N) is 2. The molecule has 0 spiro atoms. The molecule has 172 valence electrons. The predicted molar refractivity (Wildman–Crippen MR) is 133 cm³/mol. The molecule has 0 atom stereocenters. The Hall–Kier alpha value is -1.88. The summed E-state index contributed by atoms with van der Waals surface area (Å²) >= 11 is 0. The van der Waals surface area contributed by atoms with Gasteiger partial charge in [-0.1, -0.05) is 24.3 Å². The number of likely N-dealkylation sites (tertiary alicyclic amines) is 1. The van der Waals surface area contributed by atoms with Crippen LogP contribution >= 0.6 is 24.0 Å². The average molecular weight is 542 g/mol. The van der Waals surface area contributed by atoms with E-state index in [0.717, 1.165) is 57.9 Å². The fraction of sp³-hybridized carbons (Fsp3) is 0.591. The zero-order valence-electron chi connectivity index (χ0n) is 18.3. The van der Waals surface area contributed by atoms with Crippen LogP contribution in [0.2, 0.25) is 0 Å². The van der Waals surface area contributed by atoms with E-state index in [1.807, 2.05) is 24.0 Å². The predicted octanol–water partition coefficient (Wildman–Crippen LogP) is 1.43. The molecule has 3 rings (SSSR count). The fourth-order valence-corrected chi connectivity index (χ4v) is 4.06. The van der Waals surface area contributed by atoms with Crippen molar-refractivity contribution < 1.29 is 9.59 Å². The second kappa shape index (κ2) is 12.8. The van der Waals surface area contributed by atoms with Gasteiger partial charge in [-0.25, -0.2) is 0 Å². The monoisotopic (exact) mass is 542 g/mol. The van der Waals surface area contributed by atoms with E-state index in [-0.39, 0.29) is 35.8 Å². The number of nitrogens with two attached hydrogens (primary N) is 1. The van der Waals surface area contributed by atoms with Gasteiger partial charge in [-0.3, -0.25) is 19.5 Å². The summed E-state index contributed by atoms with van der Waals surface area (Å²) in [4.78, 5) is 32.2. The number of hydrogen-bond donors (Lipinski definition) is 3. The maximum Gasteiger partial charge on any atom is 0.231 e. The number of carbonyl (C=O) groups is 2. The maximum atomic E-state index is 12.5. The summed E-state index contributed by atoms with van der Waals surface area (Å²) < 4.78 is 0. The Morgan fingerprint density at radius 1 is 1.16 bits per heavy atom. The number of carbonyl (C=O) groups excluding carboxylic acids is 2. The van der Waals surface area contributed by atoms with Crippen molar-refractivity contribution >= 4 is 41.8 Å². The normalized spacial score (nSPS) is 17.1. The number of rotatable bonds is 8. The molecule has 31 heavy (non-hydrogen) atoms. The molecule has 0 aliphatic carbocycles. The molecule has 0 unspecified atom stereocenters. The molecule has 0 radical (unpaired) electrons. The zero-order valence-corrected chi connectivity index (χ0v) is 20.6. The molecule has 9 heteroatoms. The van der Waals surface area contributed by atoms with Gasteiger partial charge in [0.1, 0.15) is 0 Å². The summed E-state index contributed by atoms with van der Waals surface area (Å²) in [5.74, 6) is 0.719. The quantitative estimate of drug-likeness (QED) is 0.200. The Kier molecular flexibility index (Phi) is 10.5. The number of aliphatic imine (C=N–C) groups is 1. The van der Waals surface area contributed by atoms with Crippen molar-refractivity contribution in [3.05, 3.63) is 35.4 Å². The van der Waals surface area contributed by atoms with E-state index in [1.54, 1.807) is 0 Å². The van der Waals surface area contributed by atoms with Crippen LogP contribution < -0.4 is 16.4 Å². The number of nitrogens with zero attached hydrogens (tertiary/aromatic N) is 3. The van der Waals surface area contributed by atoms with Gasteiger partial charge in [0, 0.05) is 51.7 Å². The Bertz CT molecular complexity index is 739. The smallest absolute Gasteiger partial charge is 0.231 e. The minimum atomic E-state index is -0.274. The number of amides is 2. The molecule has 2 amide bonds. The lowest BCUT2D eigenvalue weighted by molar-refractivity contribution is -0.131. The van der Waals surface area contributed by atoms with Gasteiger partial charge in [0.25, 0.3) is 0 Å². The largest absolute Gasteiger partial charge is 0.369 e. The number of benzene rings is 1. The summed E-state index contributed by atoms with van der Waals surface area (Å²) in [6.45, 7) is 6.92. The first kappa shape index (κ1) is 25.4. The third-order valence-corrected chi connectivity index (χ3v) is 5.66. The summed E-state index contributed by atoms with van der Waals surface area (Å²) in [5.41, 5.74) is 7.79. The molecular formula is C22H35IN6O2. The van der Waals surface area contributed by atoms with Gasteiger partial charge in [0.05, 0.1) is 6.54 Å². The van der Waals surface area contributed by atoms with Crippen molar-refractivity contribution in [1.29, 1.82) is 0 Å². The summed E-state index contributed by atoms with van der Waals surface area (Å²) in [6, 6.07) is 8.58. The molecule has 2 aliphatic heterocycles. The molecule has 2 aliphatic rings. The van der Waals surface area contributed by atoms with Crippen LogP contribution in [-0.2, 0) is 22.7 Å². The van der Waals surface area contributed by atoms with E-state index in [0.29, 0.717) is 25.6 Å². The molecule has 0 saturated carbocycles. The average Bonchev–Trinajstić information content (AvgIpc) is 3.16. The number of piperidine rings is 1. The van der Waals surface area contributed by atoms with Crippen molar-refractivity contribution in [2.45, 2.75) is 51.7 Å². The lowest BCUT2D eigenvalue weighted by Gasteiger charge is -2.32. The highest BCUT2D eigenvalue weighted by atomic mass is 127. The first-order valence-corrected chi connectivity index (χ1v) is 10.9. The van der Waals surface area contributed by atoms with E-state index >= 15 is 0 Å². The highest BCUT2D eigenvalue weighted by Gasteiger charge is 2.23. The van der Waals surface area contributed by atoms with E-state index in [4.69, 9.17) is 5.73 Å². The minimum absolute atomic E-state index is 0. The number of primary amides is 1. The Balaban J connectivity index is 0.00000341. The number of hydrogen-bond acceptors (Lipinski definition) is 4. The van der Waals surface area contributed by atoms with E-state index < -0.39 is 0 Å². The molecular weight excluding hydrogens is 507 g/mol. The van der Waals surface area contributed by atoms with Crippen LogP contribution in [0.4, 0.5) is 0 Å². The van der Waals surface area contributed by atoms with E-state index in [1.165, 1.54) is 11.1 Å². The summed E-state index contributed by atoms with van der Waals surface area (Å²) in [5, 5.41) is 6.77. The first-order chi connectivity index (χ1) is 14.5. The summed E-state index contributed by atoms with van der Waals surface area (Å²) in [7, 11) is 0. The topological polar surface area (TPSA) is 103 Å². The van der Waals surface area contributed by atoms with E-state index in [9.17, 15) is 9.59 Å². The highest BCUT2D eigenvalue weighted by Crippen LogP contribution is 2.22. The second-order valence-electron chi connectivity index (χ2n) is 8.04. The van der Waals surface area contributed by atoms with Gasteiger partial charge in [-0.2, -0.15) is 0 Å². The molecule has 2 heterocycles. The molecule has 0 bridgehead atoms. The van der Waals surface area contributed by atoms with Crippen LogP contribution in [-0.4, -0.2) is 66.3 Å². The van der Waals surface area contributed by atoms with Crippen molar-refractivity contribution in [2.24, 2.45) is 10.7 Å². The van der Waals surface area contributed by atoms with Crippen LogP contribution in [0.1, 0.15) is 43.7 Å². The highest BCUT2D eigenvalue weighted by molar-refractivity contribution is 14.0. The Morgan fingerprint density at radius 3 is 2.39 bits per heavy atom. The van der Waals surface area contributed by atoms with Crippen LogP contribution in [0.3, 0.4) is 0 Å². The van der Waals surface area contributed by atoms with Crippen molar-refractivity contribution in [2.75, 3.05) is 32.7 Å². The standard InChI is InChI=1S/C22H34N6O2.HI/c1-2-24-22(26-19-9-12-27(13-10-19)16-20(23)29)25-11-5-8-21(30)28-14-17-6-3-4-7-18(17)15-28;/h3-4,6-7,19H,2,5,8-16H2,1H3,(H2,23,29)(H2,24,25,26);1H. The van der Waals surface area contributed by atoms with Crippen LogP contribution in [0.5, 0.6) is 0 Å². The number of fused-ring (bicyclic) bond motifs is 1. The number of halogens is 1. The van der Waals surface area contributed by atoms with Gasteiger partial charge >= 0.3 is 0 Å². The molecule has 1 fully saturated rings. The van der Waals surface area contributed by atoms with E-state index in [2.05, 4.69) is 32.7 Å². The first-order valence-electron chi connectivity index (χ1n) is 10.9. The van der Waals surface area contributed by atoms with Gasteiger partial charge in [0.2, 0.25) is 11.8 Å². The van der Waals surface area contributed by atoms with Gasteiger partial charge < -0.3 is 21.3 Å². The molecule has 1 aromatic carbocycles. The molecule has 4 N–H and O–H groups in total. The molecule has 1 aromatic rings. The van der Waals surface area contributed by atoms with Crippen LogP contribution in [0, 0.1) is 0 Å². The molecule has 1 saturated heterocycles. The van der Waals surface area contributed by atoms with Crippen molar-refractivity contribution in [3.63, 3.8) is 0 Å². The Morgan fingerprint density at radius 2 is 1.81 bits per heavy atom. The lowest BCUT2D eigenvalue weighted by Crippen LogP contribution is -2.49. The SMILES string of the molecule is CCNC(=NCCCC(=O)N1Cc2ccccc2C1)NC1CCN(CC(N)=O)CC1.I. The third kappa shape index (κ3) is 7.95. The minimum Gasteiger partial charge on any atom is -0.369 e. The van der Waals surface area contributed by atoms with Gasteiger partial charge in [-0.15, -0.1) is 24.0 Å². The zero-order chi connectivity index (χ0) is 21.3.